The molecule has 1 saturated carbocycles. The molecular formula is C12H20N2O2. The molecule has 90 valence electrons. The lowest BCUT2D eigenvalue weighted by atomic mass is 9.88. The van der Waals surface area contributed by atoms with Crippen LogP contribution in [0, 0.1) is 5.92 Å². The number of hydrogen-bond donors (Lipinski definition) is 1. The van der Waals surface area contributed by atoms with E-state index in [0.29, 0.717) is 18.5 Å². The van der Waals surface area contributed by atoms with Crippen molar-refractivity contribution in [2.45, 2.75) is 45.3 Å². The summed E-state index contributed by atoms with van der Waals surface area (Å²) in [5, 5.41) is 3.03. The van der Waals surface area contributed by atoms with Crippen LogP contribution in [0.5, 0.6) is 6.08 Å². The lowest BCUT2D eigenvalue weighted by Crippen LogP contribution is -2.28. The number of rotatable bonds is 4. The fourth-order valence-electron chi connectivity index (χ4n) is 2.19. The number of ether oxygens (including phenoxy) is 1. The Morgan fingerprint density at radius 2 is 2.31 bits per heavy atom. The summed E-state index contributed by atoms with van der Waals surface area (Å²) in [5.41, 5.74) is 0.890. The summed E-state index contributed by atoms with van der Waals surface area (Å²) in [5.74, 6) is 0.605. The van der Waals surface area contributed by atoms with Gasteiger partial charge in [0.15, 0.2) is 0 Å². The van der Waals surface area contributed by atoms with Gasteiger partial charge in [-0.1, -0.05) is 13.3 Å². The zero-order chi connectivity index (χ0) is 11.4. The number of hydrogen-bond acceptors (Lipinski definition) is 4. The maximum Gasteiger partial charge on any atom is 0.394 e. The van der Waals surface area contributed by atoms with Crippen LogP contribution in [-0.2, 0) is 6.54 Å². The normalized spacial score (nSPS) is 25.6. The quantitative estimate of drug-likeness (QED) is 0.852. The van der Waals surface area contributed by atoms with E-state index < -0.39 is 0 Å². The van der Waals surface area contributed by atoms with Crippen molar-refractivity contribution in [1.82, 2.24) is 10.3 Å². The smallest absolute Gasteiger partial charge is 0.394 e. The molecule has 4 heteroatoms. The highest BCUT2D eigenvalue weighted by Crippen LogP contribution is 2.27. The first kappa shape index (κ1) is 11.5. The van der Waals surface area contributed by atoms with E-state index in [4.69, 9.17) is 9.15 Å². The second-order valence-electron chi connectivity index (χ2n) is 4.55. The Morgan fingerprint density at radius 3 is 3.06 bits per heavy atom. The molecule has 1 fully saturated rings. The van der Waals surface area contributed by atoms with Gasteiger partial charge in [0.25, 0.3) is 0 Å². The minimum absolute atomic E-state index is 0.273. The van der Waals surface area contributed by atoms with Crippen molar-refractivity contribution in [3.05, 3.63) is 12.0 Å². The molecule has 0 saturated heterocycles. The standard InChI is InChI=1S/C12H20N2O2/c1-9-5-3-4-6-11(9)16-12-14-10(7-13-2)8-15-12/h8-9,11,13H,3-7H2,1-2H3. The van der Waals surface area contributed by atoms with E-state index in [1.54, 1.807) is 6.26 Å². The molecule has 1 aliphatic rings. The molecule has 4 nitrogen and oxygen atoms in total. The number of nitrogens with one attached hydrogen (secondary N) is 1. The first-order valence-corrected chi connectivity index (χ1v) is 6.05. The third kappa shape index (κ3) is 2.76. The van der Waals surface area contributed by atoms with Gasteiger partial charge in [0.1, 0.15) is 12.4 Å². The zero-order valence-corrected chi connectivity index (χ0v) is 10.0. The van der Waals surface area contributed by atoms with Crippen LogP contribution in [0.1, 0.15) is 38.3 Å². The molecule has 0 spiro atoms. The molecule has 2 rings (SSSR count). The third-order valence-electron chi connectivity index (χ3n) is 3.17. The molecule has 0 aromatic carbocycles. The summed E-state index contributed by atoms with van der Waals surface area (Å²) < 4.78 is 11.1. The second kappa shape index (κ2) is 5.34. The average Bonchev–Trinajstić information content (AvgIpc) is 2.70. The Hall–Kier alpha value is -1.03. The van der Waals surface area contributed by atoms with Gasteiger partial charge in [-0.3, -0.25) is 0 Å². The average molecular weight is 224 g/mol. The fourth-order valence-corrected chi connectivity index (χ4v) is 2.19. The van der Waals surface area contributed by atoms with Crippen LogP contribution < -0.4 is 10.1 Å². The van der Waals surface area contributed by atoms with E-state index in [1.807, 2.05) is 7.05 Å². The molecule has 0 bridgehead atoms. The van der Waals surface area contributed by atoms with E-state index in [2.05, 4.69) is 17.2 Å². The molecule has 0 amide bonds. The summed E-state index contributed by atoms with van der Waals surface area (Å²) in [7, 11) is 1.89. The summed E-state index contributed by atoms with van der Waals surface area (Å²) >= 11 is 0. The lowest BCUT2D eigenvalue weighted by molar-refractivity contribution is 0.0707. The van der Waals surface area contributed by atoms with E-state index >= 15 is 0 Å². The molecule has 1 aliphatic carbocycles. The van der Waals surface area contributed by atoms with E-state index in [9.17, 15) is 0 Å². The largest absolute Gasteiger partial charge is 0.447 e. The Bertz CT molecular complexity index is 325. The van der Waals surface area contributed by atoms with Crippen LogP contribution in [0.4, 0.5) is 0 Å². The van der Waals surface area contributed by atoms with Crippen molar-refractivity contribution in [3.63, 3.8) is 0 Å². The van der Waals surface area contributed by atoms with E-state index in [1.165, 1.54) is 19.3 Å². The predicted molar refractivity (Wildman–Crippen MR) is 61.3 cm³/mol. The number of nitrogens with zero attached hydrogens (tertiary/aromatic N) is 1. The molecule has 0 aliphatic heterocycles. The van der Waals surface area contributed by atoms with Gasteiger partial charge in [0, 0.05) is 6.54 Å². The first-order valence-electron chi connectivity index (χ1n) is 6.05. The fraction of sp³-hybridized carbons (Fsp3) is 0.750. The van der Waals surface area contributed by atoms with Gasteiger partial charge in [0.05, 0.1) is 5.69 Å². The van der Waals surface area contributed by atoms with Crippen LogP contribution in [0.25, 0.3) is 0 Å². The number of aromatic nitrogens is 1. The highest BCUT2D eigenvalue weighted by molar-refractivity contribution is 5.00. The molecule has 2 atom stereocenters. The molecule has 2 unspecified atom stereocenters. The van der Waals surface area contributed by atoms with Gasteiger partial charge in [0.2, 0.25) is 0 Å². The predicted octanol–water partition coefficient (Wildman–Crippen LogP) is 2.35. The molecule has 1 N–H and O–H groups in total. The minimum atomic E-state index is 0.273. The summed E-state index contributed by atoms with van der Waals surface area (Å²) in [6, 6.07) is 0. The molecular weight excluding hydrogens is 204 g/mol. The van der Waals surface area contributed by atoms with Gasteiger partial charge in [-0.2, -0.15) is 4.98 Å². The SMILES string of the molecule is CNCc1coc(OC2CCCCC2C)n1. The summed E-state index contributed by atoms with van der Waals surface area (Å²) in [6.45, 7) is 2.95. The Labute approximate surface area is 96.4 Å². The molecule has 1 heterocycles. The van der Waals surface area contributed by atoms with Crippen LogP contribution in [0.2, 0.25) is 0 Å². The molecule has 1 aromatic heterocycles. The van der Waals surface area contributed by atoms with Gasteiger partial charge in [-0.25, -0.2) is 0 Å². The van der Waals surface area contributed by atoms with Gasteiger partial charge in [-0.15, -0.1) is 0 Å². The van der Waals surface area contributed by atoms with E-state index in [0.717, 1.165) is 12.1 Å². The van der Waals surface area contributed by atoms with Crippen molar-refractivity contribution in [3.8, 4) is 6.08 Å². The maximum absolute atomic E-state index is 5.79. The van der Waals surface area contributed by atoms with Crippen molar-refractivity contribution in [2.24, 2.45) is 5.92 Å². The van der Waals surface area contributed by atoms with Crippen molar-refractivity contribution >= 4 is 0 Å². The summed E-state index contributed by atoms with van der Waals surface area (Å²) in [6.07, 6.45) is 7.27. The van der Waals surface area contributed by atoms with Crippen LogP contribution in [0.15, 0.2) is 10.7 Å². The van der Waals surface area contributed by atoms with Crippen LogP contribution in [0.3, 0.4) is 0 Å². The summed E-state index contributed by atoms with van der Waals surface area (Å²) in [4.78, 5) is 4.28. The van der Waals surface area contributed by atoms with Crippen molar-refractivity contribution in [2.75, 3.05) is 7.05 Å². The van der Waals surface area contributed by atoms with Crippen molar-refractivity contribution < 1.29 is 9.15 Å². The van der Waals surface area contributed by atoms with Gasteiger partial charge < -0.3 is 14.5 Å². The first-order chi connectivity index (χ1) is 7.79. The van der Waals surface area contributed by atoms with Crippen LogP contribution in [-0.4, -0.2) is 18.1 Å². The Morgan fingerprint density at radius 1 is 1.50 bits per heavy atom. The Balaban J connectivity index is 1.91. The second-order valence-corrected chi connectivity index (χ2v) is 4.55. The van der Waals surface area contributed by atoms with Gasteiger partial charge >= 0.3 is 6.08 Å². The third-order valence-corrected chi connectivity index (χ3v) is 3.17. The molecule has 1 aromatic rings. The topological polar surface area (TPSA) is 47.3 Å². The van der Waals surface area contributed by atoms with Gasteiger partial charge in [-0.05, 0) is 32.2 Å². The highest BCUT2D eigenvalue weighted by Gasteiger charge is 2.24. The van der Waals surface area contributed by atoms with Crippen LogP contribution >= 0.6 is 0 Å². The number of oxazole rings is 1. The monoisotopic (exact) mass is 224 g/mol. The highest BCUT2D eigenvalue weighted by atomic mass is 16.6. The lowest BCUT2D eigenvalue weighted by Gasteiger charge is -2.27. The molecule has 0 radical (unpaired) electrons. The zero-order valence-electron chi connectivity index (χ0n) is 10.0. The van der Waals surface area contributed by atoms with E-state index in [-0.39, 0.29) is 6.10 Å². The minimum Gasteiger partial charge on any atom is -0.447 e. The maximum atomic E-state index is 5.79. The Kier molecular flexibility index (Phi) is 3.83. The molecule has 16 heavy (non-hydrogen) atoms. The van der Waals surface area contributed by atoms with Crippen molar-refractivity contribution in [1.29, 1.82) is 0 Å².